The van der Waals surface area contributed by atoms with Crippen molar-refractivity contribution < 1.29 is 37.0 Å². The Morgan fingerprint density at radius 2 is 1.69 bits per heavy atom. The highest BCUT2D eigenvalue weighted by atomic mass is 19.4. The highest BCUT2D eigenvalue weighted by molar-refractivity contribution is 6.00. The normalized spacial score (nSPS) is 24.4. The van der Waals surface area contributed by atoms with Crippen LogP contribution in [-0.2, 0) is 0 Å². The molecule has 0 saturated carbocycles. The number of nitrogens with one attached hydrogen (secondary N) is 2. The lowest BCUT2D eigenvalue weighted by atomic mass is 9.77. The Morgan fingerprint density at radius 1 is 1.10 bits per heavy atom. The van der Waals surface area contributed by atoms with Crippen LogP contribution in [-0.4, -0.2) is 35.9 Å². The summed E-state index contributed by atoms with van der Waals surface area (Å²) >= 11 is 0. The van der Waals surface area contributed by atoms with Crippen LogP contribution in [0.3, 0.4) is 0 Å². The zero-order chi connectivity index (χ0) is 21.4. The number of urea groups is 1. The minimum atomic E-state index is -5.37. The molecular weight excluding hydrogens is 396 g/mol. The number of amides is 2. The molecule has 0 unspecified atom stereocenters. The molecule has 29 heavy (non-hydrogen) atoms. The standard InChI is InChI=1S/C19H16F4N2O4/c1-29-13-8-4-10(5-9-13)15-14(16(26)11-2-6-12(20)7-3-11)18(28,19(21,22)23)25-17(27)24-15/h2-9,14-15,28H,1H3,(H2,24,25,27)/t14-,15-,18+/m1/s1. The lowest BCUT2D eigenvalue weighted by Crippen LogP contribution is -2.72. The highest BCUT2D eigenvalue weighted by Crippen LogP contribution is 2.44. The fourth-order valence-electron chi connectivity index (χ4n) is 3.22. The Morgan fingerprint density at radius 3 is 2.21 bits per heavy atom. The third kappa shape index (κ3) is 3.75. The number of hydrogen-bond donors (Lipinski definition) is 3. The van der Waals surface area contributed by atoms with Gasteiger partial charge in [-0.3, -0.25) is 4.79 Å². The second-order valence-corrected chi connectivity index (χ2v) is 6.46. The van der Waals surface area contributed by atoms with E-state index < -0.39 is 41.5 Å². The van der Waals surface area contributed by atoms with E-state index in [9.17, 15) is 32.3 Å². The molecule has 1 saturated heterocycles. The number of carbonyl (C=O) groups is 2. The quantitative estimate of drug-likeness (QED) is 0.532. The molecule has 154 valence electrons. The van der Waals surface area contributed by atoms with Crippen LogP contribution in [0.1, 0.15) is 22.0 Å². The van der Waals surface area contributed by atoms with Crippen molar-refractivity contribution in [2.75, 3.05) is 7.11 Å². The number of aliphatic hydroxyl groups is 1. The van der Waals surface area contributed by atoms with Crippen LogP contribution in [0, 0.1) is 11.7 Å². The van der Waals surface area contributed by atoms with Crippen molar-refractivity contribution in [2.24, 2.45) is 5.92 Å². The van der Waals surface area contributed by atoms with Gasteiger partial charge in [-0.25, -0.2) is 9.18 Å². The van der Waals surface area contributed by atoms with Crippen molar-refractivity contribution in [3.8, 4) is 5.75 Å². The number of rotatable bonds is 4. The molecule has 2 aromatic carbocycles. The molecule has 0 aliphatic carbocycles. The average molecular weight is 412 g/mol. The van der Waals surface area contributed by atoms with Gasteiger partial charge in [-0.2, -0.15) is 13.2 Å². The van der Waals surface area contributed by atoms with Crippen molar-refractivity contribution in [3.63, 3.8) is 0 Å². The van der Waals surface area contributed by atoms with Crippen LogP contribution in [0.4, 0.5) is 22.4 Å². The van der Waals surface area contributed by atoms with E-state index in [0.717, 1.165) is 24.3 Å². The molecule has 1 aliphatic rings. The molecular formula is C19H16F4N2O4. The third-order valence-corrected chi connectivity index (χ3v) is 4.69. The Bertz CT molecular complexity index is 915. The molecule has 0 radical (unpaired) electrons. The van der Waals surface area contributed by atoms with Gasteiger partial charge in [-0.05, 0) is 42.0 Å². The summed E-state index contributed by atoms with van der Waals surface area (Å²) in [5.41, 5.74) is -3.95. The first-order valence-electron chi connectivity index (χ1n) is 8.38. The van der Waals surface area contributed by atoms with E-state index >= 15 is 0 Å². The lowest BCUT2D eigenvalue weighted by Gasteiger charge is -2.45. The minimum absolute atomic E-state index is 0.142. The summed E-state index contributed by atoms with van der Waals surface area (Å²) in [6.07, 6.45) is -5.37. The summed E-state index contributed by atoms with van der Waals surface area (Å²) in [6.45, 7) is 0. The molecule has 10 heteroatoms. The van der Waals surface area contributed by atoms with Crippen LogP contribution < -0.4 is 15.4 Å². The molecule has 0 spiro atoms. The molecule has 1 fully saturated rings. The number of ether oxygens (including phenoxy) is 1. The average Bonchev–Trinajstić information content (AvgIpc) is 2.67. The number of Topliss-reactive ketones (excluding diaryl/α,β-unsaturated/α-hetero) is 1. The SMILES string of the molecule is COc1ccc([C@H]2NC(=O)N[C@@](O)(C(F)(F)F)[C@H]2C(=O)c2ccc(F)cc2)cc1. The lowest BCUT2D eigenvalue weighted by molar-refractivity contribution is -0.287. The smallest absolute Gasteiger partial charge is 0.437 e. The summed E-state index contributed by atoms with van der Waals surface area (Å²) in [5.74, 6) is -3.59. The van der Waals surface area contributed by atoms with Crippen molar-refractivity contribution in [2.45, 2.75) is 17.9 Å². The number of ketones is 1. The second kappa shape index (κ2) is 7.36. The number of halogens is 4. The zero-order valence-corrected chi connectivity index (χ0v) is 15.0. The molecule has 3 N–H and O–H groups in total. The third-order valence-electron chi connectivity index (χ3n) is 4.69. The van der Waals surface area contributed by atoms with E-state index in [1.165, 1.54) is 36.7 Å². The van der Waals surface area contributed by atoms with Crippen LogP contribution in [0.15, 0.2) is 48.5 Å². The van der Waals surface area contributed by atoms with Gasteiger partial charge in [0.2, 0.25) is 5.72 Å². The van der Waals surface area contributed by atoms with E-state index in [0.29, 0.717) is 5.75 Å². The van der Waals surface area contributed by atoms with Gasteiger partial charge in [0.15, 0.2) is 5.78 Å². The number of alkyl halides is 3. The molecule has 2 aromatic rings. The summed E-state index contributed by atoms with van der Waals surface area (Å²) in [5, 5.41) is 14.1. The Balaban J connectivity index is 2.13. The zero-order valence-electron chi connectivity index (χ0n) is 15.0. The maximum atomic E-state index is 13.8. The molecule has 6 nitrogen and oxygen atoms in total. The number of methoxy groups -OCH3 is 1. The highest BCUT2D eigenvalue weighted by Gasteiger charge is 2.66. The predicted molar refractivity (Wildman–Crippen MR) is 92.6 cm³/mol. The van der Waals surface area contributed by atoms with Crippen LogP contribution in [0.25, 0.3) is 0 Å². The van der Waals surface area contributed by atoms with Crippen molar-refractivity contribution in [1.29, 1.82) is 0 Å². The van der Waals surface area contributed by atoms with E-state index in [-0.39, 0.29) is 11.1 Å². The van der Waals surface area contributed by atoms with Gasteiger partial charge in [0, 0.05) is 5.56 Å². The van der Waals surface area contributed by atoms with Gasteiger partial charge in [0.1, 0.15) is 17.5 Å². The molecule has 3 atom stereocenters. The van der Waals surface area contributed by atoms with Gasteiger partial charge in [0.05, 0.1) is 13.2 Å². The molecule has 1 heterocycles. The first-order valence-corrected chi connectivity index (χ1v) is 8.38. The topological polar surface area (TPSA) is 87.7 Å². The maximum Gasteiger partial charge on any atom is 0.437 e. The minimum Gasteiger partial charge on any atom is -0.497 e. The summed E-state index contributed by atoms with van der Waals surface area (Å²) in [7, 11) is 1.39. The Hall–Kier alpha value is -3.14. The van der Waals surface area contributed by atoms with E-state index in [1.54, 1.807) is 0 Å². The van der Waals surface area contributed by atoms with Gasteiger partial charge in [0.25, 0.3) is 0 Å². The van der Waals surface area contributed by atoms with Gasteiger partial charge in [-0.1, -0.05) is 12.1 Å². The summed E-state index contributed by atoms with van der Waals surface area (Å²) < 4.78 is 59.5. The van der Waals surface area contributed by atoms with Crippen LogP contribution in [0.5, 0.6) is 5.75 Å². The van der Waals surface area contributed by atoms with Crippen LogP contribution in [0.2, 0.25) is 0 Å². The van der Waals surface area contributed by atoms with E-state index in [2.05, 4.69) is 5.32 Å². The van der Waals surface area contributed by atoms with Crippen molar-refractivity contribution in [3.05, 3.63) is 65.5 Å². The molecule has 3 rings (SSSR count). The van der Waals surface area contributed by atoms with Crippen molar-refractivity contribution >= 4 is 11.8 Å². The van der Waals surface area contributed by atoms with Crippen LogP contribution >= 0.6 is 0 Å². The number of carbonyl (C=O) groups excluding carboxylic acids is 2. The summed E-state index contributed by atoms with van der Waals surface area (Å²) in [4.78, 5) is 24.9. The maximum absolute atomic E-state index is 13.8. The van der Waals surface area contributed by atoms with Gasteiger partial charge in [-0.15, -0.1) is 0 Å². The van der Waals surface area contributed by atoms with E-state index in [4.69, 9.17) is 4.74 Å². The predicted octanol–water partition coefficient (Wildman–Crippen LogP) is 2.94. The fraction of sp³-hybridized carbons (Fsp3) is 0.263. The summed E-state index contributed by atoms with van der Waals surface area (Å²) in [6, 6.07) is 6.66. The molecule has 1 aliphatic heterocycles. The largest absolute Gasteiger partial charge is 0.497 e. The fourth-order valence-corrected chi connectivity index (χ4v) is 3.22. The number of hydrogen-bond acceptors (Lipinski definition) is 4. The molecule has 0 bridgehead atoms. The Labute approximate surface area is 162 Å². The van der Waals surface area contributed by atoms with Crippen molar-refractivity contribution in [1.82, 2.24) is 10.6 Å². The molecule has 2 amide bonds. The molecule has 0 aromatic heterocycles. The van der Waals surface area contributed by atoms with E-state index in [1.807, 2.05) is 0 Å². The number of benzene rings is 2. The van der Waals surface area contributed by atoms with Gasteiger partial charge >= 0.3 is 12.2 Å². The monoisotopic (exact) mass is 412 g/mol. The first-order chi connectivity index (χ1) is 13.6. The Kier molecular flexibility index (Phi) is 5.22. The second-order valence-electron chi connectivity index (χ2n) is 6.46. The van der Waals surface area contributed by atoms with Gasteiger partial charge < -0.3 is 20.5 Å². The first kappa shape index (κ1) is 20.6.